The Balaban J connectivity index is 1.72. The Hall–Kier alpha value is -2.16. The van der Waals surface area contributed by atoms with Crippen LogP contribution >= 0.6 is 0 Å². The van der Waals surface area contributed by atoms with Gasteiger partial charge in [0, 0.05) is 30.6 Å². The number of sulfonamides is 1. The van der Waals surface area contributed by atoms with E-state index in [-0.39, 0.29) is 16.3 Å². The first-order valence-corrected chi connectivity index (χ1v) is 11.5. The highest BCUT2D eigenvalue weighted by Gasteiger charge is 2.29. The zero-order valence-electron chi connectivity index (χ0n) is 14.2. The number of rotatable bonds is 3. The van der Waals surface area contributed by atoms with E-state index in [1.54, 1.807) is 0 Å². The van der Waals surface area contributed by atoms with Crippen LogP contribution in [0.15, 0.2) is 64.4 Å². The standard InChI is InChI=1S/C18H18N2O4S2/c1-25(21,22)16-6-4-7-17(12-16)26(23,24)19-9-10-20-15(13-19)11-14-5-2-3-8-18(14)20/h2-8,11-12H,9-10,13H2,1H3. The lowest BCUT2D eigenvalue weighted by Gasteiger charge is -2.28. The lowest BCUT2D eigenvalue weighted by atomic mass is 10.2. The topological polar surface area (TPSA) is 76.4 Å². The van der Waals surface area contributed by atoms with E-state index in [9.17, 15) is 16.8 Å². The third-order valence-electron chi connectivity index (χ3n) is 4.68. The van der Waals surface area contributed by atoms with Gasteiger partial charge in [0.25, 0.3) is 0 Å². The fraction of sp³-hybridized carbons (Fsp3) is 0.222. The number of hydrogen-bond acceptors (Lipinski definition) is 4. The summed E-state index contributed by atoms with van der Waals surface area (Å²) in [5.74, 6) is 0. The Bertz CT molecular complexity index is 1210. The Labute approximate surface area is 152 Å². The maximum Gasteiger partial charge on any atom is 0.243 e. The lowest BCUT2D eigenvalue weighted by Crippen LogP contribution is -2.38. The molecule has 2 heterocycles. The minimum absolute atomic E-state index is 0.00435. The predicted octanol–water partition coefficient (Wildman–Crippen LogP) is 2.25. The molecule has 26 heavy (non-hydrogen) atoms. The van der Waals surface area contributed by atoms with Gasteiger partial charge in [-0.05, 0) is 35.7 Å². The van der Waals surface area contributed by atoms with Crippen LogP contribution in [-0.4, -0.2) is 38.5 Å². The van der Waals surface area contributed by atoms with Crippen molar-refractivity contribution in [2.24, 2.45) is 0 Å². The minimum atomic E-state index is -3.77. The van der Waals surface area contributed by atoms with E-state index < -0.39 is 19.9 Å². The number of fused-ring (bicyclic) bond motifs is 3. The van der Waals surface area contributed by atoms with Crippen molar-refractivity contribution in [2.75, 3.05) is 12.8 Å². The van der Waals surface area contributed by atoms with Crippen LogP contribution in [0.25, 0.3) is 10.9 Å². The van der Waals surface area contributed by atoms with Gasteiger partial charge in [-0.2, -0.15) is 4.31 Å². The molecule has 1 aliphatic rings. The summed E-state index contributed by atoms with van der Waals surface area (Å²) in [5.41, 5.74) is 2.03. The lowest BCUT2D eigenvalue weighted by molar-refractivity contribution is 0.345. The highest BCUT2D eigenvalue weighted by Crippen LogP contribution is 2.28. The summed E-state index contributed by atoms with van der Waals surface area (Å²) in [6.07, 6.45) is 1.07. The van der Waals surface area contributed by atoms with Crippen LogP contribution in [0.3, 0.4) is 0 Å². The molecule has 0 N–H and O–H groups in total. The third-order valence-corrected chi connectivity index (χ3v) is 7.63. The summed E-state index contributed by atoms with van der Waals surface area (Å²) in [7, 11) is -7.24. The van der Waals surface area contributed by atoms with Gasteiger partial charge < -0.3 is 4.57 Å². The first-order chi connectivity index (χ1) is 12.3. The van der Waals surface area contributed by atoms with E-state index >= 15 is 0 Å². The van der Waals surface area contributed by atoms with Crippen LogP contribution in [0.1, 0.15) is 5.69 Å². The molecule has 0 amide bonds. The molecular formula is C18H18N2O4S2. The van der Waals surface area contributed by atoms with Crippen LogP contribution < -0.4 is 0 Å². The monoisotopic (exact) mass is 390 g/mol. The van der Waals surface area contributed by atoms with E-state index in [1.165, 1.54) is 28.6 Å². The fourth-order valence-electron chi connectivity index (χ4n) is 3.35. The summed E-state index contributed by atoms with van der Waals surface area (Å²) in [6.45, 7) is 1.17. The molecule has 2 aromatic carbocycles. The van der Waals surface area contributed by atoms with Gasteiger partial charge in [-0.3, -0.25) is 0 Å². The molecule has 3 aromatic rings. The molecule has 136 valence electrons. The smallest absolute Gasteiger partial charge is 0.243 e. The molecule has 0 saturated heterocycles. The van der Waals surface area contributed by atoms with Gasteiger partial charge in [0.2, 0.25) is 10.0 Å². The predicted molar refractivity (Wildman–Crippen MR) is 99.1 cm³/mol. The van der Waals surface area contributed by atoms with Crippen LogP contribution in [0.4, 0.5) is 0 Å². The first-order valence-electron chi connectivity index (χ1n) is 8.14. The van der Waals surface area contributed by atoms with Crippen LogP contribution in [0, 0.1) is 0 Å². The molecule has 0 bridgehead atoms. The molecule has 0 radical (unpaired) electrons. The van der Waals surface area contributed by atoms with E-state index in [0.29, 0.717) is 13.1 Å². The molecule has 4 rings (SSSR count). The van der Waals surface area contributed by atoms with Crippen molar-refractivity contribution in [1.82, 2.24) is 8.87 Å². The number of benzene rings is 2. The maximum atomic E-state index is 13.0. The molecule has 6 nitrogen and oxygen atoms in total. The Morgan fingerprint density at radius 3 is 2.35 bits per heavy atom. The zero-order chi connectivity index (χ0) is 18.5. The van der Waals surface area contributed by atoms with Gasteiger partial charge in [-0.1, -0.05) is 24.3 Å². The maximum absolute atomic E-state index is 13.0. The van der Waals surface area contributed by atoms with Gasteiger partial charge in [0.15, 0.2) is 9.84 Å². The van der Waals surface area contributed by atoms with Crippen molar-refractivity contribution in [3.63, 3.8) is 0 Å². The van der Waals surface area contributed by atoms with Gasteiger partial charge in [0.05, 0.1) is 16.3 Å². The number of para-hydroxylation sites is 1. The number of hydrogen-bond donors (Lipinski definition) is 0. The summed E-state index contributed by atoms with van der Waals surface area (Å²) in [5, 5.41) is 1.08. The Morgan fingerprint density at radius 1 is 0.846 bits per heavy atom. The number of aromatic nitrogens is 1. The zero-order valence-corrected chi connectivity index (χ0v) is 15.8. The van der Waals surface area contributed by atoms with Gasteiger partial charge in [0.1, 0.15) is 0 Å². The van der Waals surface area contributed by atoms with Gasteiger partial charge >= 0.3 is 0 Å². The van der Waals surface area contributed by atoms with Crippen molar-refractivity contribution in [1.29, 1.82) is 0 Å². The Morgan fingerprint density at radius 2 is 1.58 bits per heavy atom. The second-order valence-electron chi connectivity index (χ2n) is 6.43. The molecule has 0 saturated carbocycles. The Kier molecular flexibility index (Phi) is 3.94. The second kappa shape index (κ2) is 5.94. The molecule has 0 unspecified atom stereocenters. The molecule has 0 fully saturated rings. The van der Waals surface area contributed by atoms with Crippen LogP contribution in [0.5, 0.6) is 0 Å². The molecule has 0 aliphatic carbocycles. The molecule has 1 aliphatic heterocycles. The highest BCUT2D eigenvalue weighted by molar-refractivity contribution is 7.91. The molecule has 0 spiro atoms. The molecule has 0 atom stereocenters. The molecule has 1 aromatic heterocycles. The summed E-state index contributed by atoms with van der Waals surface area (Å²) in [6, 6.07) is 15.5. The minimum Gasteiger partial charge on any atom is -0.342 e. The van der Waals surface area contributed by atoms with Crippen LogP contribution in [-0.2, 0) is 33.0 Å². The number of sulfone groups is 1. The number of nitrogens with zero attached hydrogens (tertiary/aromatic N) is 2. The average Bonchev–Trinajstić information content (AvgIpc) is 2.99. The molecule has 8 heteroatoms. The average molecular weight is 390 g/mol. The largest absolute Gasteiger partial charge is 0.342 e. The van der Waals surface area contributed by atoms with Gasteiger partial charge in [-0.15, -0.1) is 0 Å². The van der Waals surface area contributed by atoms with E-state index in [2.05, 4.69) is 4.57 Å². The van der Waals surface area contributed by atoms with E-state index in [4.69, 9.17) is 0 Å². The quantitative estimate of drug-likeness (QED) is 0.687. The first kappa shape index (κ1) is 17.3. The SMILES string of the molecule is CS(=O)(=O)c1cccc(S(=O)(=O)N2CCn3c(cc4ccccc43)C2)c1. The van der Waals surface area contributed by atoms with E-state index in [1.807, 2.05) is 30.3 Å². The third kappa shape index (κ3) is 2.84. The van der Waals surface area contributed by atoms with Crippen molar-refractivity contribution in [2.45, 2.75) is 22.9 Å². The normalized spacial score (nSPS) is 15.9. The van der Waals surface area contributed by atoms with Crippen molar-refractivity contribution >= 4 is 30.8 Å². The van der Waals surface area contributed by atoms with Crippen LogP contribution in [0.2, 0.25) is 0 Å². The van der Waals surface area contributed by atoms with Gasteiger partial charge in [-0.25, -0.2) is 16.8 Å². The van der Waals surface area contributed by atoms with E-state index in [0.717, 1.165) is 22.9 Å². The molecular weight excluding hydrogens is 372 g/mol. The summed E-state index contributed by atoms with van der Waals surface area (Å²) >= 11 is 0. The van der Waals surface area contributed by atoms with Crippen molar-refractivity contribution in [3.05, 3.63) is 60.3 Å². The highest BCUT2D eigenvalue weighted by atomic mass is 32.2. The van der Waals surface area contributed by atoms with Crippen molar-refractivity contribution in [3.8, 4) is 0 Å². The van der Waals surface area contributed by atoms with Crippen molar-refractivity contribution < 1.29 is 16.8 Å². The summed E-state index contributed by atoms with van der Waals surface area (Å²) in [4.78, 5) is 0.00897. The fourth-order valence-corrected chi connectivity index (χ4v) is 5.54. The second-order valence-corrected chi connectivity index (χ2v) is 10.4. The summed E-state index contributed by atoms with van der Waals surface area (Å²) < 4.78 is 53.0.